The fraction of sp³-hybridized carbons (Fsp3) is 0.200. The van der Waals surface area contributed by atoms with Gasteiger partial charge in [-0.05, 0) is 43.2 Å². The van der Waals surface area contributed by atoms with Crippen LogP contribution in [-0.4, -0.2) is 37.1 Å². The maximum Gasteiger partial charge on any atom is 0.324 e. The van der Waals surface area contributed by atoms with E-state index in [0.29, 0.717) is 16.5 Å². The summed E-state index contributed by atoms with van der Waals surface area (Å²) in [6.07, 6.45) is 1.59. The number of hydrogen-bond acceptors (Lipinski definition) is 6. The van der Waals surface area contributed by atoms with E-state index in [0.717, 1.165) is 0 Å². The van der Waals surface area contributed by atoms with E-state index in [4.69, 9.17) is 4.74 Å². The molecule has 0 aliphatic carbocycles. The van der Waals surface area contributed by atoms with Crippen LogP contribution in [0.3, 0.4) is 0 Å². The summed E-state index contributed by atoms with van der Waals surface area (Å²) in [5, 5.41) is 10.1. The zero-order valence-electron chi connectivity index (χ0n) is 15.2. The normalized spacial score (nSPS) is 12.6. The van der Waals surface area contributed by atoms with Crippen LogP contribution in [0.2, 0.25) is 0 Å². The number of ether oxygens (including phenoxy) is 1. The minimum atomic E-state index is -4.04. The van der Waals surface area contributed by atoms with Crippen LogP contribution in [-0.2, 0) is 26.0 Å². The van der Waals surface area contributed by atoms with E-state index in [-0.39, 0.29) is 23.7 Å². The number of aromatic hydroxyl groups is 1. The number of hydrogen-bond donors (Lipinski definition) is 2. The number of pyridine rings is 1. The van der Waals surface area contributed by atoms with Crippen molar-refractivity contribution < 1.29 is 23.1 Å². The molecule has 8 heteroatoms. The monoisotopic (exact) mass is 400 g/mol. The zero-order valence-corrected chi connectivity index (χ0v) is 16.0. The fourth-order valence-corrected chi connectivity index (χ4v) is 4.19. The van der Waals surface area contributed by atoms with Crippen LogP contribution in [0.1, 0.15) is 12.5 Å². The van der Waals surface area contributed by atoms with Crippen molar-refractivity contribution in [1.82, 2.24) is 9.71 Å². The summed E-state index contributed by atoms with van der Waals surface area (Å²) >= 11 is 0. The van der Waals surface area contributed by atoms with Gasteiger partial charge >= 0.3 is 5.97 Å². The van der Waals surface area contributed by atoms with Crippen LogP contribution in [0.15, 0.2) is 65.7 Å². The standard InChI is InChI=1S/C20H20N2O5S/c1-2-27-20(24)17(13-14-8-10-16(23)11-9-14)22-28(25,26)18-7-3-5-15-6-4-12-21-19(15)18/h3-12,17,22-23H,2,13H2,1H3/t17-/m0/s1. The molecule has 0 aliphatic rings. The van der Waals surface area contributed by atoms with Crippen LogP contribution >= 0.6 is 0 Å². The summed E-state index contributed by atoms with van der Waals surface area (Å²) < 4.78 is 33.5. The van der Waals surface area contributed by atoms with Crippen molar-refractivity contribution in [3.8, 4) is 5.75 Å². The Bertz CT molecular complexity index is 1080. The summed E-state index contributed by atoms with van der Waals surface area (Å²) in [5.74, 6) is -0.591. The summed E-state index contributed by atoms with van der Waals surface area (Å²) in [5.41, 5.74) is 0.999. The van der Waals surface area contributed by atoms with Gasteiger partial charge in [0.15, 0.2) is 0 Å². The number of esters is 1. The number of nitrogens with one attached hydrogen (secondary N) is 1. The number of carbonyl (C=O) groups is 1. The molecule has 7 nitrogen and oxygen atoms in total. The number of sulfonamides is 1. The van der Waals surface area contributed by atoms with Crippen molar-refractivity contribution >= 4 is 26.9 Å². The molecule has 28 heavy (non-hydrogen) atoms. The number of phenolic OH excluding ortho intramolecular Hbond substituents is 1. The first-order chi connectivity index (χ1) is 13.4. The van der Waals surface area contributed by atoms with E-state index < -0.39 is 22.0 Å². The van der Waals surface area contributed by atoms with Gasteiger partial charge in [0.1, 0.15) is 16.7 Å². The third-order valence-corrected chi connectivity index (χ3v) is 5.63. The number of nitrogens with zero attached hydrogens (tertiary/aromatic N) is 1. The Kier molecular flexibility index (Phi) is 5.91. The Labute approximate surface area is 163 Å². The third kappa shape index (κ3) is 4.47. The minimum absolute atomic E-state index is 0.00870. The molecule has 1 aromatic heterocycles. The predicted octanol–water partition coefficient (Wildman–Crippen LogP) is 2.39. The molecule has 0 aliphatic heterocycles. The molecule has 1 heterocycles. The summed E-state index contributed by atoms with van der Waals surface area (Å²) in [4.78, 5) is 16.5. The van der Waals surface area contributed by atoms with Gasteiger partial charge in [-0.1, -0.05) is 30.3 Å². The largest absolute Gasteiger partial charge is 0.508 e. The Hall–Kier alpha value is -2.97. The maximum absolute atomic E-state index is 13.0. The smallest absolute Gasteiger partial charge is 0.324 e. The second-order valence-corrected chi connectivity index (χ2v) is 7.81. The lowest BCUT2D eigenvalue weighted by molar-refractivity contribution is -0.145. The van der Waals surface area contributed by atoms with Gasteiger partial charge < -0.3 is 9.84 Å². The molecule has 0 saturated carbocycles. The lowest BCUT2D eigenvalue weighted by Gasteiger charge is -2.18. The van der Waals surface area contributed by atoms with E-state index >= 15 is 0 Å². The molecule has 0 amide bonds. The predicted molar refractivity (Wildman–Crippen MR) is 104 cm³/mol. The second-order valence-electron chi connectivity index (χ2n) is 6.13. The lowest BCUT2D eigenvalue weighted by Crippen LogP contribution is -2.43. The minimum Gasteiger partial charge on any atom is -0.508 e. The molecule has 0 spiro atoms. The third-order valence-electron chi connectivity index (χ3n) is 4.13. The first kappa shape index (κ1) is 19.8. The molecule has 0 bridgehead atoms. The van der Waals surface area contributed by atoms with Crippen molar-refractivity contribution in [2.45, 2.75) is 24.3 Å². The van der Waals surface area contributed by atoms with Gasteiger partial charge in [-0.3, -0.25) is 9.78 Å². The quantitative estimate of drug-likeness (QED) is 0.590. The van der Waals surface area contributed by atoms with E-state index in [9.17, 15) is 18.3 Å². The summed E-state index contributed by atoms with van der Waals surface area (Å²) in [6.45, 7) is 1.78. The molecular weight excluding hydrogens is 380 g/mol. The highest BCUT2D eigenvalue weighted by Gasteiger charge is 2.28. The maximum atomic E-state index is 13.0. The number of carbonyl (C=O) groups excluding carboxylic acids is 1. The highest BCUT2D eigenvalue weighted by atomic mass is 32.2. The zero-order chi connectivity index (χ0) is 20.1. The van der Waals surface area contributed by atoms with Crippen LogP contribution in [0.25, 0.3) is 10.9 Å². The van der Waals surface area contributed by atoms with Gasteiger partial charge in [-0.25, -0.2) is 8.42 Å². The first-order valence-electron chi connectivity index (χ1n) is 8.71. The molecule has 0 radical (unpaired) electrons. The lowest BCUT2D eigenvalue weighted by atomic mass is 10.1. The number of fused-ring (bicyclic) bond motifs is 1. The molecule has 2 N–H and O–H groups in total. The average Bonchev–Trinajstić information content (AvgIpc) is 2.68. The highest BCUT2D eigenvalue weighted by molar-refractivity contribution is 7.89. The molecule has 3 rings (SSSR count). The van der Waals surface area contributed by atoms with Crippen LogP contribution in [0, 0.1) is 0 Å². The van der Waals surface area contributed by atoms with Gasteiger partial charge in [-0.2, -0.15) is 4.72 Å². The molecule has 0 unspecified atom stereocenters. The van der Waals surface area contributed by atoms with Crippen molar-refractivity contribution in [2.24, 2.45) is 0 Å². The Morgan fingerprint density at radius 3 is 2.57 bits per heavy atom. The van der Waals surface area contributed by atoms with Crippen LogP contribution in [0.5, 0.6) is 5.75 Å². The molecule has 0 fully saturated rings. The molecule has 1 atom stereocenters. The molecule has 146 valence electrons. The van der Waals surface area contributed by atoms with Crippen molar-refractivity contribution in [3.05, 3.63) is 66.4 Å². The molecule has 0 saturated heterocycles. The fourth-order valence-electron chi connectivity index (χ4n) is 2.83. The average molecular weight is 400 g/mol. The topological polar surface area (TPSA) is 106 Å². The van der Waals surface area contributed by atoms with Gasteiger partial charge in [0, 0.05) is 11.6 Å². The summed E-state index contributed by atoms with van der Waals surface area (Å²) in [7, 11) is -4.04. The number of aromatic nitrogens is 1. The number of para-hydroxylation sites is 1. The molecular formula is C20H20N2O5S. The second kappa shape index (κ2) is 8.37. The SMILES string of the molecule is CCOC(=O)[C@H](Cc1ccc(O)cc1)NS(=O)(=O)c1cccc2cccnc12. The van der Waals surface area contributed by atoms with Crippen molar-refractivity contribution in [3.63, 3.8) is 0 Å². The van der Waals surface area contributed by atoms with Gasteiger partial charge in [-0.15, -0.1) is 0 Å². The van der Waals surface area contributed by atoms with Gasteiger partial charge in [0.05, 0.1) is 12.1 Å². The Morgan fingerprint density at radius 2 is 1.86 bits per heavy atom. The van der Waals surface area contributed by atoms with Gasteiger partial charge in [0.25, 0.3) is 0 Å². The Morgan fingerprint density at radius 1 is 1.14 bits per heavy atom. The van der Waals surface area contributed by atoms with Crippen molar-refractivity contribution in [2.75, 3.05) is 6.61 Å². The van der Waals surface area contributed by atoms with E-state index in [2.05, 4.69) is 9.71 Å². The Balaban J connectivity index is 1.94. The number of phenols is 1. The number of rotatable bonds is 7. The van der Waals surface area contributed by atoms with E-state index in [1.54, 1.807) is 43.3 Å². The van der Waals surface area contributed by atoms with Crippen molar-refractivity contribution in [1.29, 1.82) is 0 Å². The number of benzene rings is 2. The van der Waals surface area contributed by atoms with Gasteiger partial charge in [0.2, 0.25) is 10.0 Å². The van der Waals surface area contributed by atoms with E-state index in [1.165, 1.54) is 24.4 Å². The first-order valence-corrected chi connectivity index (χ1v) is 10.2. The molecule has 3 aromatic rings. The molecule has 2 aromatic carbocycles. The highest BCUT2D eigenvalue weighted by Crippen LogP contribution is 2.21. The van der Waals surface area contributed by atoms with E-state index in [1.807, 2.05) is 0 Å². The van der Waals surface area contributed by atoms with Crippen LogP contribution < -0.4 is 4.72 Å². The summed E-state index contributed by atoms with van der Waals surface area (Å²) in [6, 6.07) is 13.4. The van der Waals surface area contributed by atoms with Crippen LogP contribution in [0.4, 0.5) is 0 Å².